The summed E-state index contributed by atoms with van der Waals surface area (Å²) < 4.78 is 0. The first-order valence-electron chi connectivity index (χ1n) is 7.91. The van der Waals surface area contributed by atoms with Gasteiger partial charge in [-0.1, -0.05) is 29.8 Å². The number of carbonyl (C=O) groups is 3. The quantitative estimate of drug-likeness (QED) is 0.445. The Balaban J connectivity index is 1.77. The Morgan fingerprint density at radius 2 is 1.89 bits per heavy atom. The molecule has 0 unspecified atom stereocenters. The van der Waals surface area contributed by atoms with E-state index in [-0.39, 0.29) is 17.7 Å². The molecule has 0 saturated carbocycles. The highest BCUT2D eigenvalue weighted by Gasteiger charge is 2.41. The maximum absolute atomic E-state index is 12.5. The number of amides is 3. The molecular formula is C18H14ClN3O5. The summed E-state index contributed by atoms with van der Waals surface area (Å²) in [5, 5.41) is 11.6. The van der Waals surface area contributed by atoms with Gasteiger partial charge in [0.2, 0.25) is 5.91 Å². The van der Waals surface area contributed by atoms with Gasteiger partial charge in [-0.2, -0.15) is 0 Å². The molecule has 0 atom stereocenters. The van der Waals surface area contributed by atoms with Gasteiger partial charge in [-0.25, -0.2) is 0 Å². The van der Waals surface area contributed by atoms with Crippen molar-refractivity contribution >= 4 is 35.0 Å². The number of halogens is 1. The van der Waals surface area contributed by atoms with Gasteiger partial charge in [-0.15, -0.1) is 0 Å². The molecule has 138 valence electrons. The zero-order valence-corrected chi connectivity index (χ0v) is 15.0. The van der Waals surface area contributed by atoms with Crippen LogP contribution in [0.1, 0.15) is 26.3 Å². The Bertz CT molecular complexity index is 975. The molecular weight excluding hydrogens is 374 g/mol. The summed E-state index contributed by atoms with van der Waals surface area (Å²) in [6.45, 7) is -0.261. The summed E-state index contributed by atoms with van der Waals surface area (Å²) in [5.41, 5.74) is -0.0123. The summed E-state index contributed by atoms with van der Waals surface area (Å²) >= 11 is 5.92. The van der Waals surface area contributed by atoms with E-state index in [2.05, 4.69) is 0 Å². The summed E-state index contributed by atoms with van der Waals surface area (Å²) in [4.78, 5) is 49.9. The Morgan fingerprint density at radius 3 is 2.56 bits per heavy atom. The van der Waals surface area contributed by atoms with Gasteiger partial charge in [0.25, 0.3) is 17.5 Å². The van der Waals surface area contributed by atoms with Crippen molar-refractivity contribution < 1.29 is 19.3 Å². The van der Waals surface area contributed by atoms with Gasteiger partial charge in [-0.05, 0) is 23.8 Å². The van der Waals surface area contributed by atoms with Gasteiger partial charge in [0.15, 0.2) is 0 Å². The predicted octanol–water partition coefficient (Wildman–Crippen LogP) is 2.50. The highest BCUT2D eigenvalue weighted by atomic mass is 35.5. The smallest absolute Gasteiger partial charge is 0.282 e. The third kappa shape index (κ3) is 3.52. The second kappa shape index (κ2) is 7.16. The minimum Gasteiger partial charge on any atom is -0.340 e. The van der Waals surface area contributed by atoms with Crippen molar-refractivity contribution in [1.29, 1.82) is 0 Å². The Labute approximate surface area is 159 Å². The van der Waals surface area contributed by atoms with Crippen molar-refractivity contribution in [1.82, 2.24) is 9.80 Å². The van der Waals surface area contributed by atoms with Crippen LogP contribution in [0.15, 0.2) is 42.5 Å². The number of hydrogen-bond donors (Lipinski definition) is 0. The molecule has 0 spiro atoms. The lowest BCUT2D eigenvalue weighted by Crippen LogP contribution is -2.41. The van der Waals surface area contributed by atoms with E-state index in [9.17, 15) is 24.5 Å². The van der Waals surface area contributed by atoms with E-state index in [1.165, 1.54) is 24.1 Å². The van der Waals surface area contributed by atoms with Gasteiger partial charge < -0.3 is 4.90 Å². The van der Waals surface area contributed by atoms with Crippen LogP contribution in [0.3, 0.4) is 0 Å². The van der Waals surface area contributed by atoms with Crippen LogP contribution in [0.4, 0.5) is 5.69 Å². The molecule has 3 rings (SSSR count). The molecule has 0 radical (unpaired) electrons. The lowest BCUT2D eigenvalue weighted by molar-refractivity contribution is -0.385. The van der Waals surface area contributed by atoms with Crippen molar-refractivity contribution in [3.63, 3.8) is 0 Å². The molecule has 0 aliphatic carbocycles. The molecule has 8 nitrogen and oxygen atoms in total. The minimum absolute atomic E-state index is 0.0699. The molecule has 0 bridgehead atoms. The molecule has 0 aromatic heterocycles. The second-order valence-electron chi connectivity index (χ2n) is 6.03. The fourth-order valence-corrected chi connectivity index (χ4v) is 3.08. The lowest BCUT2D eigenvalue weighted by atomic mass is 10.1. The van der Waals surface area contributed by atoms with Crippen molar-refractivity contribution in [3.05, 3.63) is 74.3 Å². The summed E-state index contributed by atoms with van der Waals surface area (Å²) in [5.74, 6) is -2.04. The highest BCUT2D eigenvalue weighted by Crippen LogP contribution is 2.30. The predicted molar refractivity (Wildman–Crippen MR) is 96.4 cm³/mol. The van der Waals surface area contributed by atoms with Gasteiger partial charge in [0, 0.05) is 24.7 Å². The Hall–Kier alpha value is -3.26. The number of fused-ring (bicyclic) bond motifs is 1. The van der Waals surface area contributed by atoms with E-state index in [4.69, 9.17) is 11.6 Å². The first-order valence-corrected chi connectivity index (χ1v) is 8.29. The van der Waals surface area contributed by atoms with E-state index < -0.39 is 34.9 Å². The standard InChI is InChI=1S/C18H14ClN3O5/c1-20(9-11-4-2-5-12(19)8-11)15(23)10-21-17(24)13-6-3-7-14(22(26)27)16(13)18(21)25/h2-8H,9-10H2,1H3. The Morgan fingerprint density at radius 1 is 1.19 bits per heavy atom. The topological polar surface area (TPSA) is 101 Å². The molecule has 0 saturated heterocycles. The largest absolute Gasteiger partial charge is 0.340 e. The molecule has 1 aliphatic heterocycles. The van der Waals surface area contributed by atoms with Crippen LogP contribution in [-0.2, 0) is 11.3 Å². The third-order valence-electron chi connectivity index (χ3n) is 4.20. The average Bonchev–Trinajstić information content (AvgIpc) is 2.86. The first-order chi connectivity index (χ1) is 12.8. The summed E-state index contributed by atoms with van der Waals surface area (Å²) in [7, 11) is 1.53. The fraction of sp³-hybridized carbons (Fsp3) is 0.167. The van der Waals surface area contributed by atoms with Crippen molar-refractivity contribution in [2.75, 3.05) is 13.6 Å². The number of benzene rings is 2. The maximum atomic E-state index is 12.5. The van der Waals surface area contributed by atoms with Gasteiger partial charge in [0.05, 0.1) is 10.5 Å². The van der Waals surface area contributed by atoms with Crippen molar-refractivity contribution in [3.8, 4) is 0 Å². The molecule has 0 fully saturated rings. The minimum atomic E-state index is -0.841. The van der Waals surface area contributed by atoms with Gasteiger partial charge in [0.1, 0.15) is 12.1 Å². The molecule has 9 heteroatoms. The van der Waals surface area contributed by atoms with Crippen molar-refractivity contribution in [2.24, 2.45) is 0 Å². The summed E-state index contributed by atoms with van der Waals surface area (Å²) in [6.07, 6.45) is 0. The van der Waals surface area contributed by atoms with E-state index in [1.54, 1.807) is 24.3 Å². The fourth-order valence-electron chi connectivity index (χ4n) is 2.86. The Kier molecular flexibility index (Phi) is 4.91. The number of nitrogens with zero attached hydrogens (tertiary/aromatic N) is 3. The zero-order chi connectivity index (χ0) is 19.7. The molecule has 2 aromatic carbocycles. The van der Waals surface area contributed by atoms with Crippen LogP contribution in [0.5, 0.6) is 0 Å². The average molecular weight is 388 g/mol. The molecule has 2 aromatic rings. The number of nitro groups is 1. The number of likely N-dealkylation sites (N-methyl/N-ethyl adjacent to an activating group) is 1. The molecule has 3 amide bonds. The number of hydrogen-bond acceptors (Lipinski definition) is 5. The lowest BCUT2D eigenvalue weighted by Gasteiger charge is -2.20. The number of carbonyl (C=O) groups excluding carboxylic acids is 3. The van der Waals surface area contributed by atoms with Crippen LogP contribution < -0.4 is 0 Å². The van der Waals surface area contributed by atoms with Crippen LogP contribution in [0.2, 0.25) is 5.02 Å². The first kappa shape index (κ1) is 18.5. The number of imide groups is 1. The number of nitro benzene ring substituents is 1. The van der Waals surface area contributed by atoms with E-state index in [1.807, 2.05) is 0 Å². The molecule has 1 heterocycles. The normalized spacial score (nSPS) is 12.9. The SMILES string of the molecule is CN(Cc1cccc(Cl)c1)C(=O)CN1C(=O)c2cccc([N+](=O)[O-])c2C1=O. The second-order valence-corrected chi connectivity index (χ2v) is 6.47. The van der Waals surface area contributed by atoms with E-state index in [0.29, 0.717) is 5.02 Å². The van der Waals surface area contributed by atoms with Crippen LogP contribution in [0.25, 0.3) is 0 Å². The van der Waals surface area contributed by atoms with E-state index in [0.717, 1.165) is 16.5 Å². The van der Waals surface area contributed by atoms with E-state index >= 15 is 0 Å². The zero-order valence-electron chi connectivity index (χ0n) is 14.2. The number of rotatable bonds is 5. The van der Waals surface area contributed by atoms with Gasteiger partial charge in [-0.3, -0.25) is 29.4 Å². The monoisotopic (exact) mass is 387 g/mol. The van der Waals surface area contributed by atoms with Gasteiger partial charge >= 0.3 is 0 Å². The highest BCUT2D eigenvalue weighted by molar-refractivity contribution is 6.30. The van der Waals surface area contributed by atoms with Crippen LogP contribution >= 0.6 is 11.6 Å². The molecule has 1 aliphatic rings. The third-order valence-corrected chi connectivity index (χ3v) is 4.44. The van der Waals surface area contributed by atoms with Crippen molar-refractivity contribution in [2.45, 2.75) is 6.54 Å². The summed E-state index contributed by atoms with van der Waals surface area (Å²) in [6, 6.07) is 10.8. The maximum Gasteiger partial charge on any atom is 0.282 e. The van der Waals surface area contributed by atoms with Crippen LogP contribution in [0, 0.1) is 10.1 Å². The molecule has 27 heavy (non-hydrogen) atoms. The van der Waals surface area contributed by atoms with Crippen LogP contribution in [-0.4, -0.2) is 46.0 Å². The molecule has 0 N–H and O–H groups in total.